The van der Waals surface area contributed by atoms with Crippen molar-refractivity contribution in [2.75, 3.05) is 18.7 Å². The van der Waals surface area contributed by atoms with Crippen LogP contribution in [0.4, 0.5) is 23.7 Å². The molecule has 0 saturated carbocycles. The summed E-state index contributed by atoms with van der Waals surface area (Å²) in [6.45, 7) is 0.0544. The lowest BCUT2D eigenvalue weighted by Gasteiger charge is -2.25. The second kappa shape index (κ2) is 11.9. The van der Waals surface area contributed by atoms with Gasteiger partial charge in [0.15, 0.2) is 11.5 Å². The van der Waals surface area contributed by atoms with Gasteiger partial charge in [-0.3, -0.25) is 4.79 Å². The molecule has 4 rings (SSSR count). The molecule has 40 heavy (non-hydrogen) atoms. The Morgan fingerprint density at radius 3 is 2.30 bits per heavy atom. The second-order valence-corrected chi connectivity index (χ2v) is 10.8. The molecule has 3 amide bonds. The van der Waals surface area contributed by atoms with E-state index in [2.05, 4.69) is 5.32 Å². The van der Waals surface area contributed by atoms with Crippen LogP contribution in [-0.4, -0.2) is 40.2 Å². The van der Waals surface area contributed by atoms with Crippen LogP contribution >= 0.6 is 0 Å². The number of carbonyl (C=O) groups is 2. The summed E-state index contributed by atoms with van der Waals surface area (Å²) in [6, 6.07) is 15.4. The number of carbonyl (C=O) groups excluding carboxylic acids is 2. The fourth-order valence-electron chi connectivity index (χ4n) is 4.04. The molecule has 13 heteroatoms. The maximum Gasteiger partial charge on any atom is 0.416 e. The van der Waals surface area contributed by atoms with E-state index in [1.54, 1.807) is 18.2 Å². The monoisotopic (exact) mass is 577 g/mol. The van der Waals surface area contributed by atoms with Crippen LogP contribution in [0.3, 0.4) is 0 Å². The molecule has 0 aromatic heterocycles. The Morgan fingerprint density at radius 1 is 0.950 bits per heavy atom. The molecule has 0 fully saturated rings. The van der Waals surface area contributed by atoms with Crippen LogP contribution in [0.1, 0.15) is 23.1 Å². The minimum absolute atomic E-state index is 0.0487. The number of rotatable bonds is 9. The fourth-order valence-corrected chi connectivity index (χ4v) is 5.09. The molecule has 3 aromatic rings. The minimum atomic E-state index is -4.56. The highest BCUT2D eigenvalue weighted by Crippen LogP contribution is 2.35. The first-order valence-electron chi connectivity index (χ1n) is 12.1. The van der Waals surface area contributed by atoms with Crippen LogP contribution in [0.15, 0.2) is 72.8 Å². The van der Waals surface area contributed by atoms with E-state index in [1.165, 1.54) is 11.9 Å². The molecule has 1 aliphatic heterocycles. The highest BCUT2D eigenvalue weighted by molar-refractivity contribution is 7.89. The number of alkyl halides is 3. The lowest BCUT2D eigenvalue weighted by molar-refractivity contribution is -0.137. The fraction of sp³-hybridized carbons (Fsp3) is 0.259. The Labute approximate surface area is 228 Å². The standard InChI is InChI=1S/C27H26F3N3O6S/c1-33(21-12-14-23-24(15-21)39-17-38-23)25(34)22(13-9-18-5-3-2-4-6-18)31-26(35)32-40(36,37)16-19-7-10-20(11-8-19)27(28,29)30/h2-8,10-12,14-15,22H,9,13,16-17H2,1H3,(H2,31,32,35)/t22-/m0/s1. The van der Waals surface area contributed by atoms with Gasteiger partial charge in [-0.2, -0.15) is 13.2 Å². The van der Waals surface area contributed by atoms with Crippen LogP contribution < -0.4 is 24.4 Å². The molecule has 0 bridgehead atoms. The van der Waals surface area contributed by atoms with E-state index < -0.39 is 45.5 Å². The topological polar surface area (TPSA) is 114 Å². The van der Waals surface area contributed by atoms with Crippen molar-refractivity contribution in [3.05, 3.63) is 89.5 Å². The lowest BCUT2D eigenvalue weighted by atomic mass is 10.0. The molecule has 1 heterocycles. The van der Waals surface area contributed by atoms with Gasteiger partial charge in [0.05, 0.1) is 11.3 Å². The largest absolute Gasteiger partial charge is 0.454 e. The van der Waals surface area contributed by atoms with Crippen LogP contribution in [0.5, 0.6) is 11.5 Å². The molecule has 212 valence electrons. The van der Waals surface area contributed by atoms with Gasteiger partial charge >= 0.3 is 12.2 Å². The Morgan fingerprint density at radius 2 is 1.62 bits per heavy atom. The van der Waals surface area contributed by atoms with Gasteiger partial charge in [-0.05, 0) is 48.2 Å². The highest BCUT2D eigenvalue weighted by atomic mass is 32.2. The number of fused-ring (bicyclic) bond motifs is 1. The van der Waals surface area contributed by atoms with Gasteiger partial charge in [0.25, 0.3) is 0 Å². The highest BCUT2D eigenvalue weighted by Gasteiger charge is 2.31. The van der Waals surface area contributed by atoms with Crippen LogP contribution in [0, 0.1) is 0 Å². The number of amides is 3. The number of ether oxygens (including phenoxy) is 2. The van der Waals surface area contributed by atoms with Crippen molar-refractivity contribution in [3.8, 4) is 11.5 Å². The number of benzene rings is 3. The summed E-state index contributed by atoms with van der Waals surface area (Å²) in [7, 11) is -2.79. The Balaban J connectivity index is 1.45. The number of hydrogen-bond acceptors (Lipinski definition) is 6. The van der Waals surface area contributed by atoms with Gasteiger partial charge in [-0.1, -0.05) is 42.5 Å². The van der Waals surface area contributed by atoms with Crippen molar-refractivity contribution in [1.29, 1.82) is 0 Å². The van der Waals surface area contributed by atoms with Crippen LogP contribution in [0.25, 0.3) is 0 Å². The molecule has 0 saturated heterocycles. The average Bonchev–Trinajstić information content (AvgIpc) is 3.38. The lowest BCUT2D eigenvalue weighted by Crippen LogP contribution is -2.51. The normalized spacial score (nSPS) is 13.4. The van der Waals surface area contributed by atoms with Crippen molar-refractivity contribution in [1.82, 2.24) is 10.0 Å². The molecule has 0 spiro atoms. The number of aryl methyl sites for hydroxylation is 1. The zero-order valence-corrected chi connectivity index (χ0v) is 22.1. The predicted molar refractivity (Wildman–Crippen MR) is 140 cm³/mol. The van der Waals surface area contributed by atoms with Crippen LogP contribution in [-0.2, 0) is 33.2 Å². The third-order valence-electron chi connectivity index (χ3n) is 6.13. The van der Waals surface area contributed by atoms with Crippen molar-refractivity contribution < 1.29 is 40.7 Å². The summed E-state index contributed by atoms with van der Waals surface area (Å²) >= 11 is 0. The van der Waals surface area contributed by atoms with E-state index in [9.17, 15) is 31.2 Å². The average molecular weight is 578 g/mol. The van der Waals surface area contributed by atoms with E-state index in [0.717, 1.165) is 29.8 Å². The molecular formula is C27H26F3N3O6S. The Hall–Kier alpha value is -4.26. The molecular weight excluding hydrogens is 551 g/mol. The number of nitrogens with zero attached hydrogens (tertiary/aromatic N) is 1. The predicted octanol–water partition coefficient (Wildman–Crippen LogP) is 4.23. The first-order chi connectivity index (χ1) is 18.9. The van der Waals surface area contributed by atoms with Gasteiger partial charge in [-0.25, -0.2) is 17.9 Å². The quantitative estimate of drug-likeness (QED) is 0.394. The van der Waals surface area contributed by atoms with E-state index in [-0.39, 0.29) is 18.8 Å². The summed E-state index contributed by atoms with van der Waals surface area (Å²) in [5.41, 5.74) is 0.498. The maximum atomic E-state index is 13.4. The number of anilines is 1. The number of halogens is 3. The molecule has 2 N–H and O–H groups in total. The zero-order chi connectivity index (χ0) is 28.9. The number of nitrogens with one attached hydrogen (secondary N) is 2. The maximum absolute atomic E-state index is 13.4. The Bertz CT molecular complexity index is 1470. The SMILES string of the molecule is CN(C(=O)[C@H](CCc1ccccc1)NC(=O)NS(=O)(=O)Cc1ccc(C(F)(F)F)cc1)c1ccc2c(c1)OCO2. The van der Waals surface area contributed by atoms with E-state index in [0.29, 0.717) is 23.6 Å². The second-order valence-electron chi connectivity index (χ2n) is 9.04. The van der Waals surface area contributed by atoms with Gasteiger partial charge in [-0.15, -0.1) is 0 Å². The summed E-state index contributed by atoms with van der Waals surface area (Å²) < 4.78 is 76.0. The molecule has 1 atom stereocenters. The van der Waals surface area contributed by atoms with Crippen molar-refractivity contribution in [2.45, 2.75) is 30.8 Å². The summed E-state index contributed by atoms with van der Waals surface area (Å²) in [5, 5.41) is 2.44. The molecule has 0 aliphatic carbocycles. The minimum Gasteiger partial charge on any atom is -0.454 e. The van der Waals surface area contributed by atoms with E-state index in [1.807, 2.05) is 35.1 Å². The van der Waals surface area contributed by atoms with Gasteiger partial charge in [0.1, 0.15) is 6.04 Å². The number of sulfonamides is 1. The molecule has 1 aliphatic rings. The van der Waals surface area contributed by atoms with Gasteiger partial charge in [0, 0.05) is 18.8 Å². The summed E-state index contributed by atoms with van der Waals surface area (Å²) in [4.78, 5) is 27.5. The molecule has 3 aromatic carbocycles. The van der Waals surface area contributed by atoms with Crippen molar-refractivity contribution in [3.63, 3.8) is 0 Å². The van der Waals surface area contributed by atoms with Crippen molar-refractivity contribution >= 4 is 27.6 Å². The van der Waals surface area contributed by atoms with E-state index in [4.69, 9.17) is 9.47 Å². The zero-order valence-electron chi connectivity index (χ0n) is 21.3. The Kier molecular flexibility index (Phi) is 8.52. The van der Waals surface area contributed by atoms with Gasteiger partial charge < -0.3 is 19.7 Å². The third kappa shape index (κ3) is 7.44. The third-order valence-corrected chi connectivity index (χ3v) is 7.34. The molecule has 0 radical (unpaired) electrons. The van der Waals surface area contributed by atoms with Crippen molar-refractivity contribution in [2.24, 2.45) is 0 Å². The smallest absolute Gasteiger partial charge is 0.416 e. The van der Waals surface area contributed by atoms with E-state index >= 15 is 0 Å². The number of urea groups is 1. The number of hydrogen-bond donors (Lipinski definition) is 2. The number of likely N-dealkylation sites (N-methyl/N-ethyl adjacent to an activating group) is 1. The first kappa shape index (κ1) is 28.7. The summed E-state index contributed by atoms with van der Waals surface area (Å²) in [6.07, 6.45) is -4.00. The first-order valence-corrected chi connectivity index (χ1v) is 13.7. The summed E-state index contributed by atoms with van der Waals surface area (Å²) in [5.74, 6) is -0.262. The molecule has 0 unspecified atom stereocenters. The van der Waals surface area contributed by atoms with Gasteiger partial charge in [0.2, 0.25) is 22.7 Å². The molecule has 9 nitrogen and oxygen atoms in total. The van der Waals surface area contributed by atoms with Crippen LogP contribution in [0.2, 0.25) is 0 Å².